The topological polar surface area (TPSA) is 83.8 Å². The van der Waals surface area contributed by atoms with E-state index in [1.54, 1.807) is 31.2 Å². The van der Waals surface area contributed by atoms with Gasteiger partial charge in [-0.25, -0.2) is 9.59 Å². The highest BCUT2D eigenvalue weighted by atomic mass is 32.2. The number of ether oxygens (including phenoxy) is 1. The average Bonchev–Trinajstić information content (AvgIpc) is 2.76. The summed E-state index contributed by atoms with van der Waals surface area (Å²) in [6, 6.07) is 14.6. The van der Waals surface area contributed by atoms with Crippen LogP contribution in [0, 0.1) is 6.92 Å². The van der Waals surface area contributed by atoms with E-state index in [2.05, 4.69) is 0 Å². The lowest BCUT2D eigenvalue weighted by atomic mass is 9.99. The van der Waals surface area contributed by atoms with Gasteiger partial charge in [0, 0.05) is 10.6 Å². The van der Waals surface area contributed by atoms with Crippen molar-refractivity contribution in [3.63, 3.8) is 0 Å². The average molecular weight is 476 g/mol. The van der Waals surface area contributed by atoms with Crippen LogP contribution in [0.2, 0.25) is 0 Å². The summed E-state index contributed by atoms with van der Waals surface area (Å²) in [5.41, 5.74) is 1.76. The van der Waals surface area contributed by atoms with Gasteiger partial charge in [-0.1, -0.05) is 18.2 Å². The predicted molar refractivity (Wildman–Crippen MR) is 118 cm³/mol. The summed E-state index contributed by atoms with van der Waals surface area (Å²) in [4.78, 5) is 23.1. The van der Waals surface area contributed by atoms with Gasteiger partial charge in [-0.05, 0) is 71.6 Å². The normalized spacial score (nSPS) is 11.3. The molecule has 9 heteroatoms. The van der Waals surface area contributed by atoms with Crippen molar-refractivity contribution in [1.29, 1.82) is 0 Å². The molecule has 0 fully saturated rings. The van der Waals surface area contributed by atoms with Crippen LogP contribution in [0.4, 0.5) is 13.2 Å². The van der Waals surface area contributed by atoms with E-state index in [4.69, 9.17) is 9.84 Å². The first-order chi connectivity index (χ1) is 15.5. The molecule has 5 nitrogen and oxygen atoms in total. The number of carbonyl (C=O) groups is 2. The maximum absolute atomic E-state index is 12.8. The molecule has 0 aliphatic heterocycles. The van der Waals surface area contributed by atoms with Crippen LogP contribution in [0.3, 0.4) is 0 Å². The number of aliphatic carboxylic acids is 1. The van der Waals surface area contributed by atoms with Crippen LogP contribution < -0.4 is 4.74 Å². The molecule has 3 aromatic rings. The summed E-state index contributed by atoms with van der Waals surface area (Å²) < 4.78 is 43.7. The molecule has 3 aromatic carbocycles. The van der Waals surface area contributed by atoms with Gasteiger partial charge in [-0.2, -0.15) is 13.2 Å². The number of benzene rings is 3. The Kier molecular flexibility index (Phi) is 7.33. The minimum atomic E-state index is -4.43. The van der Waals surface area contributed by atoms with Gasteiger partial charge in [0.05, 0.1) is 11.1 Å². The molecule has 0 amide bonds. The molecule has 0 spiro atoms. The lowest BCUT2D eigenvalue weighted by Gasteiger charge is -2.12. The Morgan fingerprint density at radius 3 is 2.18 bits per heavy atom. The second-order valence-electron chi connectivity index (χ2n) is 7.15. The van der Waals surface area contributed by atoms with Crippen molar-refractivity contribution >= 4 is 23.7 Å². The van der Waals surface area contributed by atoms with Crippen molar-refractivity contribution in [3.05, 3.63) is 82.9 Å². The molecule has 0 heterocycles. The number of thioether (sulfide) groups is 1. The van der Waals surface area contributed by atoms with Crippen LogP contribution in [0.1, 0.15) is 27.0 Å². The van der Waals surface area contributed by atoms with Crippen LogP contribution in [-0.2, 0) is 16.7 Å². The molecule has 0 atom stereocenters. The van der Waals surface area contributed by atoms with E-state index in [0.29, 0.717) is 28.2 Å². The fraction of sp³-hybridized carbons (Fsp3) is 0.167. The van der Waals surface area contributed by atoms with Crippen LogP contribution in [0.25, 0.3) is 11.1 Å². The second-order valence-corrected chi connectivity index (χ2v) is 8.20. The maximum Gasteiger partial charge on any atom is 0.416 e. The summed E-state index contributed by atoms with van der Waals surface area (Å²) >= 11 is 1.38. The van der Waals surface area contributed by atoms with E-state index in [9.17, 15) is 27.9 Å². The highest BCUT2D eigenvalue weighted by Gasteiger charge is 2.30. The highest BCUT2D eigenvalue weighted by Crippen LogP contribution is 2.33. The lowest BCUT2D eigenvalue weighted by Crippen LogP contribution is -2.10. The van der Waals surface area contributed by atoms with E-state index < -0.39 is 30.3 Å². The van der Waals surface area contributed by atoms with Gasteiger partial charge in [0.15, 0.2) is 6.61 Å². The van der Waals surface area contributed by atoms with E-state index in [-0.39, 0.29) is 5.56 Å². The maximum atomic E-state index is 12.8. The van der Waals surface area contributed by atoms with Crippen molar-refractivity contribution in [2.45, 2.75) is 23.7 Å². The van der Waals surface area contributed by atoms with Gasteiger partial charge in [0.2, 0.25) is 0 Å². The molecular formula is C24H19F3O5S. The van der Waals surface area contributed by atoms with Crippen molar-refractivity contribution in [2.24, 2.45) is 0 Å². The molecular weight excluding hydrogens is 457 g/mol. The minimum absolute atomic E-state index is 0.108. The Hall–Kier alpha value is -3.46. The number of aromatic carboxylic acids is 1. The van der Waals surface area contributed by atoms with Crippen LogP contribution in [0.15, 0.2) is 65.6 Å². The van der Waals surface area contributed by atoms with Gasteiger partial charge < -0.3 is 14.9 Å². The molecule has 0 unspecified atom stereocenters. The summed E-state index contributed by atoms with van der Waals surface area (Å²) in [5.74, 6) is -1.43. The van der Waals surface area contributed by atoms with Crippen molar-refractivity contribution in [2.75, 3.05) is 6.61 Å². The van der Waals surface area contributed by atoms with Gasteiger partial charge in [-0.3, -0.25) is 0 Å². The second kappa shape index (κ2) is 9.99. The van der Waals surface area contributed by atoms with Crippen LogP contribution in [-0.4, -0.2) is 28.8 Å². The molecule has 0 aromatic heterocycles. The number of rotatable bonds is 8. The molecule has 172 valence electrons. The van der Waals surface area contributed by atoms with Crippen molar-refractivity contribution < 1.29 is 37.7 Å². The first-order valence-electron chi connectivity index (χ1n) is 9.66. The van der Waals surface area contributed by atoms with E-state index >= 15 is 0 Å². The number of aryl methyl sites for hydroxylation is 1. The van der Waals surface area contributed by atoms with Gasteiger partial charge in [0.25, 0.3) is 0 Å². The monoisotopic (exact) mass is 476 g/mol. The lowest BCUT2D eigenvalue weighted by molar-refractivity contribution is -0.139. The number of alkyl halides is 3. The molecule has 0 aliphatic carbocycles. The number of carboxylic acid groups (broad SMARTS) is 2. The molecule has 0 bridgehead atoms. The Bertz CT molecular complexity index is 1170. The third-order valence-electron chi connectivity index (χ3n) is 4.77. The summed E-state index contributed by atoms with van der Waals surface area (Å²) in [6.07, 6.45) is -4.43. The zero-order chi connectivity index (χ0) is 24.2. The number of hydrogen-bond donors (Lipinski definition) is 2. The zero-order valence-electron chi connectivity index (χ0n) is 17.3. The van der Waals surface area contributed by atoms with Gasteiger partial charge in [-0.15, -0.1) is 11.8 Å². The standard InChI is InChI=1S/C24H19F3O5S/c1-14-10-19(7-9-21(14)32-12-22(28)29)33-13-17-11-16(4-8-20(17)23(30)31)15-2-5-18(6-3-15)24(25,26)27/h2-11H,12-13H2,1H3,(H,28,29)(H,30,31). The molecule has 2 N–H and O–H groups in total. The van der Waals surface area contributed by atoms with Gasteiger partial charge in [0.1, 0.15) is 5.75 Å². The van der Waals surface area contributed by atoms with Crippen molar-refractivity contribution in [1.82, 2.24) is 0 Å². The molecule has 0 radical (unpaired) electrons. The Balaban J connectivity index is 1.81. The smallest absolute Gasteiger partial charge is 0.416 e. The molecule has 0 saturated carbocycles. The van der Waals surface area contributed by atoms with E-state index in [1.165, 1.54) is 30.0 Å². The van der Waals surface area contributed by atoms with Crippen LogP contribution >= 0.6 is 11.8 Å². The summed E-state index contributed by atoms with van der Waals surface area (Å²) in [7, 11) is 0. The highest BCUT2D eigenvalue weighted by molar-refractivity contribution is 7.98. The zero-order valence-corrected chi connectivity index (χ0v) is 18.2. The fourth-order valence-electron chi connectivity index (χ4n) is 3.13. The SMILES string of the molecule is Cc1cc(SCc2cc(-c3ccc(C(F)(F)F)cc3)ccc2C(=O)O)ccc1OCC(=O)O. The number of halogens is 3. The predicted octanol–water partition coefficient (Wildman–Crippen LogP) is 6.13. The number of hydrogen-bond acceptors (Lipinski definition) is 4. The molecule has 33 heavy (non-hydrogen) atoms. The fourth-order valence-corrected chi connectivity index (χ4v) is 4.11. The molecule has 0 aliphatic rings. The largest absolute Gasteiger partial charge is 0.482 e. The molecule has 0 saturated heterocycles. The summed E-state index contributed by atoms with van der Waals surface area (Å²) in [6.45, 7) is 1.32. The summed E-state index contributed by atoms with van der Waals surface area (Å²) in [5, 5.41) is 18.3. The number of carboxylic acids is 2. The van der Waals surface area contributed by atoms with Gasteiger partial charge >= 0.3 is 18.1 Å². The Labute approximate surface area is 191 Å². The quantitative estimate of drug-likeness (QED) is 0.380. The third kappa shape index (κ3) is 6.29. The Morgan fingerprint density at radius 2 is 1.61 bits per heavy atom. The minimum Gasteiger partial charge on any atom is -0.482 e. The van der Waals surface area contributed by atoms with E-state index in [0.717, 1.165) is 22.6 Å². The van der Waals surface area contributed by atoms with Crippen molar-refractivity contribution in [3.8, 4) is 16.9 Å². The van der Waals surface area contributed by atoms with E-state index in [1.807, 2.05) is 6.07 Å². The van der Waals surface area contributed by atoms with Crippen LogP contribution in [0.5, 0.6) is 5.75 Å². The first-order valence-corrected chi connectivity index (χ1v) is 10.6. The Morgan fingerprint density at radius 1 is 0.939 bits per heavy atom. The molecule has 3 rings (SSSR count). The first kappa shape index (κ1) is 24.2. The third-order valence-corrected chi connectivity index (χ3v) is 5.82.